The van der Waals surface area contributed by atoms with E-state index in [4.69, 9.17) is 0 Å². The molecule has 28 heavy (non-hydrogen) atoms. The molecule has 0 aliphatic carbocycles. The predicted molar refractivity (Wildman–Crippen MR) is 116 cm³/mol. The number of sulfonamides is 1. The van der Waals surface area contributed by atoms with Crippen LogP contribution in [0.5, 0.6) is 0 Å². The molecule has 0 aliphatic rings. The fraction of sp³-hybridized carbons (Fsp3) is 0.350. The summed E-state index contributed by atoms with van der Waals surface area (Å²) in [6.45, 7) is 4.67. The van der Waals surface area contributed by atoms with Gasteiger partial charge in [-0.3, -0.25) is 9.52 Å². The maximum absolute atomic E-state index is 12.6. The second-order valence-corrected chi connectivity index (χ2v) is 9.72. The van der Waals surface area contributed by atoms with Crippen molar-refractivity contribution in [2.45, 2.75) is 24.8 Å². The second kappa shape index (κ2) is 9.54. The summed E-state index contributed by atoms with van der Waals surface area (Å²) in [4.78, 5) is 14.6. The summed E-state index contributed by atoms with van der Waals surface area (Å²) in [5, 5.41) is 2.90. The van der Waals surface area contributed by atoms with E-state index in [9.17, 15) is 13.2 Å². The molecule has 0 spiro atoms. The largest absolute Gasteiger partial charge is 0.350 e. The summed E-state index contributed by atoms with van der Waals surface area (Å²) in [7, 11) is 0.146. The van der Waals surface area contributed by atoms with E-state index in [1.165, 1.54) is 12.1 Å². The zero-order chi connectivity index (χ0) is 20.9. The molecule has 0 radical (unpaired) electrons. The Morgan fingerprint density at radius 3 is 2.32 bits per heavy atom. The van der Waals surface area contributed by atoms with Gasteiger partial charge in [0.15, 0.2) is 0 Å². The standard InChI is InChI=1S/C20H26BrN3O3S/c1-14(2)19(24(3)4)13-22-20(25)15-6-5-7-18(12-15)28(26,27)23-17-10-8-16(21)9-11-17/h5-12,14,19,23H,13H2,1-4H3,(H,22,25). The Balaban J connectivity index is 2.14. The number of amides is 1. The van der Waals surface area contributed by atoms with Crippen molar-refractivity contribution in [1.82, 2.24) is 10.2 Å². The van der Waals surface area contributed by atoms with Crippen molar-refractivity contribution in [3.63, 3.8) is 0 Å². The van der Waals surface area contributed by atoms with Crippen LogP contribution in [0.4, 0.5) is 5.69 Å². The van der Waals surface area contributed by atoms with E-state index in [0.717, 1.165) is 4.47 Å². The smallest absolute Gasteiger partial charge is 0.261 e. The third-order valence-corrected chi connectivity index (χ3v) is 6.32. The van der Waals surface area contributed by atoms with Crippen LogP contribution in [-0.4, -0.2) is 45.9 Å². The lowest BCUT2D eigenvalue weighted by molar-refractivity contribution is 0.0934. The lowest BCUT2D eigenvalue weighted by atomic mass is 10.0. The predicted octanol–water partition coefficient (Wildman–Crippen LogP) is 3.57. The van der Waals surface area contributed by atoms with Crippen LogP contribution >= 0.6 is 15.9 Å². The van der Waals surface area contributed by atoms with Gasteiger partial charge in [-0.25, -0.2) is 8.42 Å². The van der Waals surface area contributed by atoms with Gasteiger partial charge < -0.3 is 10.2 Å². The molecule has 2 aromatic carbocycles. The first kappa shape index (κ1) is 22.4. The minimum Gasteiger partial charge on any atom is -0.350 e. The lowest BCUT2D eigenvalue weighted by Crippen LogP contribution is -2.43. The van der Waals surface area contributed by atoms with Gasteiger partial charge in [-0.05, 0) is 62.5 Å². The third-order valence-electron chi connectivity index (χ3n) is 4.41. The van der Waals surface area contributed by atoms with Crippen molar-refractivity contribution < 1.29 is 13.2 Å². The number of nitrogens with one attached hydrogen (secondary N) is 2. The second-order valence-electron chi connectivity index (χ2n) is 7.13. The molecule has 0 saturated carbocycles. The number of halogens is 1. The SMILES string of the molecule is CC(C)C(CNC(=O)c1cccc(S(=O)(=O)Nc2ccc(Br)cc2)c1)N(C)C. The minimum absolute atomic E-state index is 0.0380. The van der Waals surface area contributed by atoms with Crippen molar-refractivity contribution in [3.8, 4) is 0 Å². The van der Waals surface area contributed by atoms with Crippen LogP contribution < -0.4 is 10.0 Å². The Kier molecular flexibility index (Phi) is 7.63. The van der Waals surface area contributed by atoms with Crippen LogP contribution in [0.1, 0.15) is 24.2 Å². The Morgan fingerprint density at radius 1 is 1.11 bits per heavy atom. The first-order valence-electron chi connectivity index (χ1n) is 8.93. The van der Waals surface area contributed by atoms with E-state index in [1.807, 2.05) is 14.1 Å². The van der Waals surface area contributed by atoms with Gasteiger partial charge >= 0.3 is 0 Å². The van der Waals surface area contributed by atoms with Gasteiger partial charge in [-0.1, -0.05) is 35.8 Å². The molecular weight excluding hydrogens is 442 g/mol. The van der Waals surface area contributed by atoms with Gasteiger partial charge in [-0.15, -0.1) is 0 Å². The van der Waals surface area contributed by atoms with Crippen molar-refractivity contribution in [2.24, 2.45) is 5.92 Å². The fourth-order valence-corrected chi connectivity index (χ4v) is 4.22. The summed E-state index contributed by atoms with van der Waals surface area (Å²) in [5.74, 6) is 0.0744. The number of rotatable bonds is 8. The van der Waals surface area contributed by atoms with Crippen LogP contribution in [0.15, 0.2) is 57.9 Å². The quantitative estimate of drug-likeness (QED) is 0.621. The van der Waals surface area contributed by atoms with Crippen LogP contribution in [0.25, 0.3) is 0 Å². The molecule has 1 amide bonds. The van der Waals surface area contributed by atoms with Crippen molar-refractivity contribution >= 4 is 37.5 Å². The van der Waals surface area contributed by atoms with Crippen LogP contribution in [-0.2, 0) is 10.0 Å². The van der Waals surface area contributed by atoms with E-state index >= 15 is 0 Å². The topological polar surface area (TPSA) is 78.5 Å². The maximum atomic E-state index is 12.6. The highest BCUT2D eigenvalue weighted by Crippen LogP contribution is 2.19. The summed E-state index contributed by atoms with van der Waals surface area (Å²) in [6.07, 6.45) is 0. The van der Waals surface area contributed by atoms with Gasteiger partial charge in [-0.2, -0.15) is 0 Å². The van der Waals surface area contributed by atoms with Gasteiger partial charge in [0, 0.05) is 28.3 Å². The molecule has 1 unspecified atom stereocenters. The van der Waals surface area contributed by atoms with E-state index in [-0.39, 0.29) is 16.8 Å². The fourth-order valence-electron chi connectivity index (χ4n) is 2.85. The zero-order valence-corrected chi connectivity index (χ0v) is 18.8. The van der Waals surface area contributed by atoms with Gasteiger partial charge in [0.05, 0.1) is 4.90 Å². The number of benzene rings is 2. The lowest BCUT2D eigenvalue weighted by Gasteiger charge is -2.28. The monoisotopic (exact) mass is 467 g/mol. The molecule has 6 nitrogen and oxygen atoms in total. The first-order chi connectivity index (χ1) is 13.1. The summed E-state index contributed by atoms with van der Waals surface area (Å²) in [6, 6.07) is 13.0. The molecule has 0 saturated heterocycles. The molecular formula is C20H26BrN3O3S. The number of nitrogens with zero attached hydrogens (tertiary/aromatic N) is 1. The summed E-state index contributed by atoms with van der Waals surface area (Å²) >= 11 is 3.31. The van der Waals surface area contributed by atoms with Crippen molar-refractivity contribution in [1.29, 1.82) is 0 Å². The number of hydrogen-bond acceptors (Lipinski definition) is 4. The Labute approximate surface area is 175 Å². The molecule has 0 aliphatic heterocycles. The Morgan fingerprint density at radius 2 is 1.75 bits per heavy atom. The van der Waals surface area contributed by atoms with Crippen molar-refractivity contribution in [2.75, 3.05) is 25.4 Å². The molecule has 0 heterocycles. The Hall–Kier alpha value is -1.90. The van der Waals surface area contributed by atoms with Gasteiger partial charge in [0.25, 0.3) is 15.9 Å². The number of anilines is 1. The average molecular weight is 468 g/mol. The molecule has 2 aromatic rings. The molecule has 8 heteroatoms. The van der Waals surface area contributed by atoms with Crippen LogP contribution in [0.2, 0.25) is 0 Å². The molecule has 1 atom stereocenters. The molecule has 2 rings (SSSR count). The summed E-state index contributed by atoms with van der Waals surface area (Å²) < 4.78 is 28.7. The minimum atomic E-state index is -3.79. The average Bonchev–Trinajstić information content (AvgIpc) is 2.63. The van der Waals surface area contributed by atoms with Crippen LogP contribution in [0.3, 0.4) is 0 Å². The zero-order valence-electron chi connectivity index (χ0n) is 16.4. The number of carbonyl (C=O) groups is 1. The summed E-state index contributed by atoms with van der Waals surface area (Å²) in [5.41, 5.74) is 0.753. The molecule has 2 N–H and O–H groups in total. The van der Waals surface area contributed by atoms with E-state index in [0.29, 0.717) is 23.7 Å². The van der Waals surface area contributed by atoms with E-state index in [1.54, 1.807) is 36.4 Å². The molecule has 0 aromatic heterocycles. The highest BCUT2D eigenvalue weighted by Gasteiger charge is 2.19. The molecule has 152 valence electrons. The highest BCUT2D eigenvalue weighted by atomic mass is 79.9. The third kappa shape index (κ3) is 6.05. The van der Waals surface area contributed by atoms with Crippen LogP contribution in [0, 0.1) is 5.92 Å². The van der Waals surface area contributed by atoms with Gasteiger partial charge in [0.1, 0.15) is 0 Å². The highest BCUT2D eigenvalue weighted by molar-refractivity contribution is 9.10. The van der Waals surface area contributed by atoms with E-state index < -0.39 is 10.0 Å². The first-order valence-corrected chi connectivity index (χ1v) is 11.2. The van der Waals surface area contributed by atoms with Crippen molar-refractivity contribution in [3.05, 3.63) is 58.6 Å². The van der Waals surface area contributed by atoms with E-state index in [2.05, 4.69) is 44.7 Å². The molecule has 0 fully saturated rings. The number of carbonyl (C=O) groups excluding carboxylic acids is 1. The normalized spacial score (nSPS) is 12.8. The number of likely N-dealkylation sites (N-methyl/N-ethyl adjacent to an activating group) is 1. The number of hydrogen-bond donors (Lipinski definition) is 2. The van der Waals surface area contributed by atoms with Gasteiger partial charge in [0.2, 0.25) is 0 Å². The molecule has 0 bridgehead atoms. The maximum Gasteiger partial charge on any atom is 0.261 e. The Bertz CT molecular complexity index is 905.